The second-order valence-electron chi connectivity index (χ2n) is 5.25. The Balaban J connectivity index is 2.11. The van der Waals surface area contributed by atoms with E-state index < -0.39 is 0 Å². The van der Waals surface area contributed by atoms with Crippen molar-refractivity contribution >= 4 is 21.8 Å². The molecule has 4 nitrogen and oxygen atoms in total. The third-order valence-corrected chi connectivity index (χ3v) is 3.83. The molecule has 0 aromatic carbocycles. The molecule has 0 aliphatic carbocycles. The van der Waals surface area contributed by atoms with E-state index in [0.29, 0.717) is 23.3 Å². The molecule has 17 heavy (non-hydrogen) atoms. The standard InChI is InChI=1S/C12H17BrN2O2/c1-12(2)7-15(4-3-9(12)14)11(16)8-5-10(13)17-6-8/h5-6,9H,3-4,7,14H2,1-2H3. The molecule has 1 fully saturated rings. The lowest BCUT2D eigenvalue weighted by atomic mass is 9.79. The second kappa shape index (κ2) is 4.46. The highest BCUT2D eigenvalue weighted by Gasteiger charge is 2.35. The van der Waals surface area contributed by atoms with Crippen LogP contribution in [-0.2, 0) is 0 Å². The third kappa shape index (κ3) is 2.55. The van der Waals surface area contributed by atoms with Gasteiger partial charge in [-0.25, -0.2) is 0 Å². The molecule has 2 heterocycles. The van der Waals surface area contributed by atoms with Gasteiger partial charge in [0.25, 0.3) is 5.91 Å². The van der Waals surface area contributed by atoms with E-state index in [1.165, 1.54) is 6.26 Å². The SMILES string of the molecule is CC1(C)CN(C(=O)c2coc(Br)c2)CCC1N. The van der Waals surface area contributed by atoms with Crippen molar-refractivity contribution in [3.63, 3.8) is 0 Å². The number of carbonyl (C=O) groups excluding carboxylic acids is 1. The van der Waals surface area contributed by atoms with Gasteiger partial charge in [0, 0.05) is 25.2 Å². The molecule has 1 aromatic rings. The quantitative estimate of drug-likeness (QED) is 0.865. The highest BCUT2D eigenvalue weighted by Crippen LogP contribution is 2.29. The molecule has 1 aromatic heterocycles. The lowest BCUT2D eigenvalue weighted by Crippen LogP contribution is -2.53. The zero-order chi connectivity index (χ0) is 12.6. The van der Waals surface area contributed by atoms with Crippen LogP contribution in [0.4, 0.5) is 0 Å². The Morgan fingerprint density at radius 2 is 2.35 bits per heavy atom. The predicted molar refractivity (Wildman–Crippen MR) is 68.7 cm³/mol. The van der Waals surface area contributed by atoms with Gasteiger partial charge in [0.2, 0.25) is 0 Å². The molecule has 1 aliphatic rings. The first-order chi connectivity index (χ1) is 7.90. The highest BCUT2D eigenvalue weighted by atomic mass is 79.9. The van der Waals surface area contributed by atoms with Crippen LogP contribution in [0, 0.1) is 5.41 Å². The number of nitrogens with two attached hydrogens (primary N) is 1. The number of piperidine rings is 1. The molecule has 1 amide bonds. The molecule has 1 unspecified atom stereocenters. The summed E-state index contributed by atoms with van der Waals surface area (Å²) >= 11 is 3.20. The van der Waals surface area contributed by atoms with Gasteiger partial charge in [0.05, 0.1) is 5.56 Å². The molecule has 2 rings (SSSR count). The van der Waals surface area contributed by atoms with Gasteiger partial charge in [-0.15, -0.1) is 0 Å². The molecule has 94 valence electrons. The van der Waals surface area contributed by atoms with E-state index in [-0.39, 0.29) is 17.4 Å². The summed E-state index contributed by atoms with van der Waals surface area (Å²) in [5.41, 5.74) is 6.61. The van der Waals surface area contributed by atoms with Crippen LogP contribution in [0.3, 0.4) is 0 Å². The fourth-order valence-electron chi connectivity index (χ4n) is 2.15. The summed E-state index contributed by atoms with van der Waals surface area (Å²) in [5, 5.41) is 0. The van der Waals surface area contributed by atoms with Crippen LogP contribution in [0.2, 0.25) is 0 Å². The summed E-state index contributed by atoms with van der Waals surface area (Å²) in [4.78, 5) is 14.1. The van der Waals surface area contributed by atoms with Gasteiger partial charge < -0.3 is 15.1 Å². The Hall–Kier alpha value is -0.810. The normalized spacial score (nSPS) is 23.8. The van der Waals surface area contributed by atoms with Crippen LogP contribution >= 0.6 is 15.9 Å². The average molecular weight is 301 g/mol. The zero-order valence-corrected chi connectivity index (χ0v) is 11.7. The Kier molecular flexibility index (Phi) is 3.32. The minimum atomic E-state index is -0.0329. The molecule has 0 radical (unpaired) electrons. The zero-order valence-electron chi connectivity index (χ0n) is 10.1. The van der Waals surface area contributed by atoms with E-state index in [9.17, 15) is 4.79 Å². The van der Waals surface area contributed by atoms with Crippen LogP contribution in [0.1, 0.15) is 30.6 Å². The summed E-state index contributed by atoms with van der Waals surface area (Å²) in [7, 11) is 0. The molecule has 2 N–H and O–H groups in total. The maximum absolute atomic E-state index is 12.2. The minimum absolute atomic E-state index is 0.0134. The van der Waals surface area contributed by atoms with Crippen LogP contribution in [0.5, 0.6) is 0 Å². The Bertz CT molecular complexity index is 428. The molecule has 0 spiro atoms. The number of amides is 1. The van der Waals surface area contributed by atoms with E-state index >= 15 is 0 Å². The van der Waals surface area contributed by atoms with Crippen molar-refractivity contribution in [3.05, 3.63) is 22.6 Å². The summed E-state index contributed by atoms with van der Waals surface area (Å²) in [5.74, 6) is 0.0134. The molecule has 0 saturated carbocycles. The summed E-state index contributed by atoms with van der Waals surface area (Å²) in [6.07, 6.45) is 2.33. The van der Waals surface area contributed by atoms with E-state index in [1.54, 1.807) is 6.07 Å². The molecular formula is C12H17BrN2O2. The van der Waals surface area contributed by atoms with Gasteiger partial charge in [-0.2, -0.15) is 0 Å². The number of likely N-dealkylation sites (tertiary alicyclic amines) is 1. The fraction of sp³-hybridized carbons (Fsp3) is 0.583. The number of halogens is 1. The number of rotatable bonds is 1. The molecule has 1 aliphatic heterocycles. The van der Waals surface area contributed by atoms with Gasteiger partial charge >= 0.3 is 0 Å². The fourth-order valence-corrected chi connectivity index (χ4v) is 2.49. The van der Waals surface area contributed by atoms with E-state index in [1.807, 2.05) is 4.90 Å². The van der Waals surface area contributed by atoms with Crippen molar-refractivity contribution in [1.82, 2.24) is 4.90 Å². The van der Waals surface area contributed by atoms with Crippen molar-refractivity contribution < 1.29 is 9.21 Å². The van der Waals surface area contributed by atoms with Gasteiger partial charge in [0.1, 0.15) is 6.26 Å². The minimum Gasteiger partial charge on any atom is -0.457 e. The first-order valence-electron chi connectivity index (χ1n) is 5.69. The lowest BCUT2D eigenvalue weighted by Gasteiger charge is -2.42. The molecule has 1 atom stereocenters. The van der Waals surface area contributed by atoms with Gasteiger partial charge in [0.15, 0.2) is 4.67 Å². The summed E-state index contributed by atoms with van der Waals surface area (Å²) in [6.45, 7) is 5.60. The second-order valence-corrected chi connectivity index (χ2v) is 6.03. The van der Waals surface area contributed by atoms with Gasteiger partial charge in [-0.1, -0.05) is 13.8 Å². The maximum Gasteiger partial charge on any atom is 0.257 e. The first kappa shape index (κ1) is 12.6. The Morgan fingerprint density at radius 1 is 1.65 bits per heavy atom. The van der Waals surface area contributed by atoms with Gasteiger partial charge in [-0.05, 0) is 27.8 Å². The van der Waals surface area contributed by atoms with Crippen molar-refractivity contribution in [2.24, 2.45) is 11.1 Å². The van der Waals surface area contributed by atoms with Crippen LogP contribution in [-0.4, -0.2) is 29.9 Å². The summed E-state index contributed by atoms with van der Waals surface area (Å²) in [6, 6.07) is 1.85. The van der Waals surface area contributed by atoms with E-state index in [0.717, 1.165) is 6.42 Å². The van der Waals surface area contributed by atoms with Crippen molar-refractivity contribution in [2.45, 2.75) is 26.3 Å². The van der Waals surface area contributed by atoms with Crippen LogP contribution in [0.25, 0.3) is 0 Å². The molecular weight excluding hydrogens is 284 g/mol. The Morgan fingerprint density at radius 3 is 2.88 bits per heavy atom. The summed E-state index contributed by atoms with van der Waals surface area (Å²) < 4.78 is 5.67. The largest absolute Gasteiger partial charge is 0.457 e. The number of carbonyl (C=O) groups is 1. The van der Waals surface area contributed by atoms with E-state index in [2.05, 4.69) is 29.8 Å². The first-order valence-corrected chi connectivity index (χ1v) is 6.48. The topological polar surface area (TPSA) is 59.5 Å². The monoisotopic (exact) mass is 300 g/mol. The molecule has 1 saturated heterocycles. The van der Waals surface area contributed by atoms with Crippen molar-refractivity contribution in [1.29, 1.82) is 0 Å². The van der Waals surface area contributed by atoms with Crippen molar-refractivity contribution in [3.8, 4) is 0 Å². The van der Waals surface area contributed by atoms with Gasteiger partial charge in [-0.3, -0.25) is 4.79 Å². The molecule has 5 heteroatoms. The highest BCUT2D eigenvalue weighted by molar-refractivity contribution is 9.10. The lowest BCUT2D eigenvalue weighted by molar-refractivity contribution is 0.0532. The Labute approximate surface area is 109 Å². The van der Waals surface area contributed by atoms with Crippen LogP contribution in [0.15, 0.2) is 21.4 Å². The third-order valence-electron chi connectivity index (χ3n) is 3.41. The number of hydrogen-bond acceptors (Lipinski definition) is 3. The van der Waals surface area contributed by atoms with Crippen molar-refractivity contribution in [2.75, 3.05) is 13.1 Å². The number of furan rings is 1. The number of hydrogen-bond donors (Lipinski definition) is 1. The van der Waals surface area contributed by atoms with Crippen LogP contribution < -0.4 is 5.73 Å². The average Bonchev–Trinajstić information content (AvgIpc) is 2.68. The predicted octanol–water partition coefficient (Wildman–Crippen LogP) is 2.24. The smallest absolute Gasteiger partial charge is 0.257 e. The van der Waals surface area contributed by atoms with E-state index in [4.69, 9.17) is 10.2 Å². The number of nitrogens with zero attached hydrogens (tertiary/aromatic N) is 1. The molecule has 0 bridgehead atoms. The maximum atomic E-state index is 12.2.